The zero-order valence-corrected chi connectivity index (χ0v) is 10.7. The Morgan fingerprint density at radius 2 is 2.12 bits per heavy atom. The van der Waals surface area contributed by atoms with Crippen LogP contribution in [0, 0.1) is 18.3 Å². The Bertz CT molecular complexity index is 526. The molecular weight excluding hydrogens is 238 g/mol. The van der Waals surface area contributed by atoms with Crippen molar-refractivity contribution in [3.8, 4) is 6.07 Å². The summed E-state index contributed by atoms with van der Waals surface area (Å²) in [7, 11) is -2.17. The van der Waals surface area contributed by atoms with Crippen molar-refractivity contribution in [3.05, 3.63) is 23.8 Å². The van der Waals surface area contributed by atoms with Crippen LogP contribution in [0.2, 0.25) is 0 Å². The number of nitriles is 1. The summed E-state index contributed by atoms with van der Waals surface area (Å²) in [6.45, 7) is 1.86. The summed E-state index contributed by atoms with van der Waals surface area (Å²) in [6, 6.07) is 6.87. The van der Waals surface area contributed by atoms with Gasteiger partial charge in [-0.3, -0.25) is 0 Å². The Balaban J connectivity index is 3.19. The standard InChI is InChI=1S/C11H15N3O2S/c1-9-5-3-6-10(13)11(9)17(15,16)14(2)8-4-7-12/h3,5-6H,4,8,13H2,1-2H3. The van der Waals surface area contributed by atoms with Crippen molar-refractivity contribution >= 4 is 15.7 Å². The van der Waals surface area contributed by atoms with Gasteiger partial charge in [0.1, 0.15) is 4.90 Å². The fourth-order valence-electron chi connectivity index (χ4n) is 1.51. The molecule has 0 radical (unpaired) electrons. The van der Waals surface area contributed by atoms with Crippen LogP contribution in [-0.2, 0) is 10.0 Å². The number of hydrogen-bond donors (Lipinski definition) is 1. The van der Waals surface area contributed by atoms with Crippen molar-refractivity contribution in [2.24, 2.45) is 0 Å². The minimum Gasteiger partial charge on any atom is -0.398 e. The lowest BCUT2D eigenvalue weighted by molar-refractivity contribution is 0.476. The first-order chi connectivity index (χ1) is 7.91. The van der Waals surface area contributed by atoms with Gasteiger partial charge in [-0.1, -0.05) is 12.1 Å². The van der Waals surface area contributed by atoms with E-state index in [1.165, 1.54) is 7.05 Å². The molecule has 6 heteroatoms. The quantitative estimate of drug-likeness (QED) is 0.814. The normalized spacial score (nSPS) is 11.4. The van der Waals surface area contributed by atoms with Crippen LogP contribution < -0.4 is 5.73 Å². The lowest BCUT2D eigenvalue weighted by atomic mass is 10.2. The molecule has 92 valence electrons. The van der Waals surface area contributed by atoms with E-state index >= 15 is 0 Å². The summed E-state index contributed by atoms with van der Waals surface area (Å²) in [4.78, 5) is 0.125. The topological polar surface area (TPSA) is 87.2 Å². The highest BCUT2D eigenvalue weighted by atomic mass is 32.2. The van der Waals surface area contributed by atoms with Crippen LogP contribution >= 0.6 is 0 Å². The fourth-order valence-corrected chi connectivity index (χ4v) is 3.00. The molecule has 0 spiro atoms. The Morgan fingerprint density at radius 1 is 1.47 bits per heavy atom. The van der Waals surface area contributed by atoms with E-state index in [4.69, 9.17) is 11.0 Å². The molecule has 0 unspecified atom stereocenters. The number of hydrogen-bond acceptors (Lipinski definition) is 4. The van der Waals surface area contributed by atoms with Gasteiger partial charge < -0.3 is 5.73 Å². The molecule has 0 bridgehead atoms. The Labute approximate surface area is 102 Å². The second-order valence-corrected chi connectivity index (χ2v) is 5.71. The van der Waals surface area contributed by atoms with Gasteiger partial charge in [-0.25, -0.2) is 8.42 Å². The van der Waals surface area contributed by atoms with Crippen molar-refractivity contribution in [3.63, 3.8) is 0 Å². The van der Waals surface area contributed by atoms with Crippen molar-refractivity contribution < 1.29 is 8.42 Å². The Morgan fingerprint density at radius 3 is 2.65 bits per heavy atom. The summed E-state index contributed by atoms with van der Waals surface area (Å²) >= 11 is 0. The van der Waals surface area contributed by atoms with Crippen molar-refractivity contribution in [2.75, 3.05) is 19.3 Å². The second kappa shape index (κ2) is 5.17. The number of nitrogens with zero attached hydrogens (tertiary/aromatic N) is 2. The molecule has 1 aromatic rings. The minimum absolute atomic E-state index is 0.125. The van der Waals surface area contributed by atoms with Crippen LogP contribution in [0.25, 0.3) is 0 Å². The second-order valence-electron chi connectivity index (χ2n) is 3.73. The molecule has 5 nitrogen and oxygen atoms in total. The van der Waals surface area contributed by atoms with E-state index < -0.39 is 10.0 Å². The van der Waals surface area contributed by atoms with Crippen molar-refractivity contribution in [1.29, 1.82) is 5.26 Å². The van der Waals surface area contributed by atoms with Crippen LogP contribution in [0.4, 0.5) is 5.69 Å². The summed E-state index contributed by atoms with van der Waals surface area (Å²) in [6.07, 6.45) is 0.154. The monoisotopic (exact) mass is 253 g/mol. The number of rotatable bonds is 4. The third kappa shape index (κ3) is 2.75. The number of nitrogen functional groups attached to an aromatic ring is 1. The molecule has 1 aromatic carbocycles. The van der Waals surface area contributed by atoms with Crippen LogP contribution in [0.1, 0.15) is 12.0 Å². The third-order valence-electron chi connectivity index (χ3n) is 2.45. The van der Waals surface area contributed by atoms with E-state index in [9.17, 15) is 8.42 Å². The van der Waals surface area contributed by atoms with E-state index in [1.54, 1.807) is 25.1 Å². The maximum atomic E-state index is 12.2. The number of aryl methyl sites for hydroxylation is 1. The average Bonchev–Trinajstić information content (AvgIpc) is 2.25. The molecule has 0 fully saturated rings. The number of anilines is 1. The lowest BCUT2D eigenvalue weighted by Crippen LogP contribution is -2.29. The Hall–Kier alpha value is -1.58. The molecule has 0 aliphatic rings. The first-order valence-electron chi connectivity index (χ1n) is 5.09. The summed E-state index contributed by atoms with van der Waals surface area (Å²) < 4.78 is 25.6. The lowest BCUT2D eigenvalue weighted by Gasteiger charge is -2.18. The van der Waals surface area contributed by atoms with Crippen molar-refractivity contribution in [1.82, 2.24) is 4.31 Å². The van der Waals surface area contributed by atoms with E-state index in [1.807, 2.05) is 6.07 Å². The van der Waals surface area contributed by atoms with Gasteiger partial charge in [-0.2, -0.15) is 9.57 Å². The van der Waals surface area contributed by atoms with Crippen LogP contribution in [0.5, 0.6) is 0 Å². The van der Waals surface area contributed by atoms with Crippen LogP contribution in [0.15, 0.2) is 23.1 Å². The van der Waals surface area contributed by atoms with Gasteiger partial charge in [-0.05, 0) is 18.6 Å². The number of sulfonamides is 1. The summed E-state index contributed by atoms with van der Waals surface area (Å²) in [5.74, 6) is 0. The molecule has 0 amide bonds. The number of nitrogens with two attached hydrogens (primary N) is 1. The highest BCUT2D eigenvalue weighted by Crippen LogP contribution is 2.25. The zero-order valence-electron chi connectivity index (χ0n) is 9.84. The van der Waals surface area contributed by atoms with Gasteiger partial charge in [0.05, 0.1) is 11.8 Å². The Kier molecular flexibility index (Phi) is 4.10. The smallest absolute Gasteiger partial charge is 0.245 e. The maximum absolute atomic E-state index is 12.2. The van der Waals surface area contributed by atoms with Gasteiger partial charge >= 0.3 is 0 Å². The molecule has 0 aliphatic heterocycles. The minimum atomic E-state index is -3.62. The van der Waals surface area contributed by atoms with Gasteiger partial charge in [-0.15, -0.1) is 0 Å². The van der Waals surface area contributed by atoms with Gasteiger partial charge in [0.25, 0.3) is 0 Å². The largest absolute Gasteiger partial charge is 0.398 e. The molecule has 1 rings (SSSR count). The SMILES string of the molecule is Cc1cccc(N)c1S(=O)(=O)N(C)CCC#N. The van der Waals surface area contributed by atoms with E-state index in [2.05, 4.69) is 0 Å². The molecule has 0 saturated carbocycles. The first-order valence-corrected chi connectivity index (χ1v) is 6.53. The highest BCUT2D eigenvalue weighted by molar-refractivity contribution is 7.89. The summed E-state index contributed by atoms with van der Waals surface area (Å²) in [5, 5.41) is 8.46. The first kappa shape index (κ1) is 13.5. The predicted molar refractivity (Wildman–Crippen MR) is 65.6 cm³/mol. The zero-order chi connectivity index (χ0) is 13.1. The fraction of sp³-hybridized carbons (Fsp3) is 0.364. The van der Waals surface area contributed by atoms with Crippen LogP contribution in [-0.4, -0.2) is 26.3 Å². The molecule has 0 aromatic heterocycles. The van der Waals surface area contributed by atoms with E-state index in [-0.39, 0.29) is 23.5 Å². The van der Waals surface area contributed by atoms with Gasteiger partial charge in [0.2, 0.25) is 10.0 Å². The maximum Gasteiger partial charge on any atom is 0.245 e. The third-order valence-corrected chi connectivity index (χ3v) is 4.53. The van der Waals surface area contributed by atoms with Gasteiger partial charge in [0.15, 0.2) is 0 Å². The highest BCUT2D eigenvalue weighted by Gasteiger charge is 2.24. The molecule has 0 heterocycles. The van der Waals surface area contributed by atoms with Crippen molar-refractivity contribution in [2.45, 2.75) is 18.2 Å². The van der Waals surface area contributed by atoms with Crippen LogP contribution in [0.3, 0.4) is 0 Å². The molecule has 0 aliphatic carbocycles. The predicted octanol–water partition coefficient (Wildman–Crippen LogP) is 1.11. The summed E-state index contributed by atoms with van der Waals surface area (Å²) in [5.41, 5.74) is 6.54. The average molecular weight is 253 g/mol. The van der Waals surface area contributed by atoms with Gasteiger partial charge in [0, 0.05) is 20.0 Å². The number of benzene rings is 1. The molecule has 2 N–H and O–H groups in total. The molecular formula is C11H15N3O2S. The molecule has 0 saturated heterocycles. The van der Waals surface area contributed by atoms with E-state index in [0.717, 1.165) is 4.31 Å². The molecule has 17 heavy (non-hydrogen) atoms. The molecule has 0 atom stereocenters. The van der Waals surface area contributed by atoms with E-state index in [0.29, 0.717) is 5.56 Å².